The molecule has 3 amide bonds. The number of Topliss-reactive ketones (excluding diaryl/α,β-unsaturated/α-hetero) is 1. The molecule has 2 aliphatic carbocycles. The van der Waals surface area contributed by atoms with Gasteiger partial charge in [0.1, 0.15) is 5.78 Å². The molecule has 0 aromatic heterocycles. The van der Waals surface area contributed by atoms with Crippen molar-refractivity contribution in [2.24, 2.45) is 17.8 Å². The Hall–Kier alpha value is -1.47. The number of likely N-dealkylation sites (tertiary alicyclic amines) is 1. The lowest BCUT2D eigenvalue weighted by molar-refractivity contribution is -0.138. The number of hydrogen-bond donors (Lipinski definition) is 1. The summed E-state index contributed by atoms with van der Waals surface area (Å²) in [5.41, 5.74) is 0. The van der Waals surface area contributed by atoms with E-state index in [1.807, 2.05) is 14.1 Å². The smallest absolute Gasteiger partial charge is 0.324 e. The summed E-state index contributed by atoms with van der Waals surface area (Å²) in [6, 6.07) is 0.152. The van der Waals surface area contributed by atoms with Crippen LogP contribution in [0.4, 0.5) is 4.79 Å². The van der Waals surface area contributed by atoms with Crippen LogP contribution in [0.5, 0.6) is 0 Å². The SMILES string of the molecule is CN(C)CCCNC(=O)N(CC1CC1)C(=O)[C@@H]1C[C@@H]2CC(=O)CC[C@H]2N(C)C1. The van der Waals surface area contributed by atoms with Crippen molar-refractivity contribution in [2.75, 3.05) is 47.3 Å². The fourth-order valence-corrected chi connectivity index (χ4v) is 4.74. The molecule has 0 spiro atoms. The van der Waals surface area contributed by atoms with E-state index in [-0.39, 0.29) is 23.8 Å². The Morgan fingerprint density at radius 2 is 1.96 bits per heavy atom. The quantitative estimate of drug-likeness (QED) is 0.666. The first-order valence-electron chi connectivity index (χ1n) is 10.8. The summed E-state index contributed by atoms with van der Waals surface area (Å²) in [7, 11) is 6.07. The maximum Gasteiger partial charge on any atom is 0.324 e. The van der Waals surface area contributed by atoms with Crippen molar-refractivity contribution in [2.45, 2.75) is 51.0 Å². The van der Waals surface area contributed by atoms with Crippen molar-refractivity contribution in [3.05, 3.63) is 0 Å². The van der Waals surface area contributed by atoms with Gasteiger partial charge in [0.15, 0.2) is 0 Å². The van der Waals surface area contributed by atoms with E-state index in [0.717, 1.165) is 38.6 Å². The van der Waals surface area contributed by atoms with Gasteiger partial charge in [0.05, 0.1) is 5.92 Å². The third-order valence-corrected chi connectivity index (χ3v) is 6.47. The van der Waals surface area contributed by atoms with Crippen LogP contribution in [0.25, 0.3) is 0 Å². The summed E-state index contributed by atoms with van der Waals surface area (Å²) >= 11 is 0. The van der Waals surface area contributed by atoms with Gasteiger partial charge in [-0.1, -0.05) is 0 Å². The predicted molar refractivity (Wildman–Crippen MR) is 108 cm³/mol. The van der Waals surface area contributed by atoms with Crippen molar-refractivity contribution in [3.8, 4) is 0 Å². The average molecular weight is 393 g/mol. The number of nitrogens with zero attached hydrogens (tertiary/aromatic N) is 3. The lowest BCUT2D eigenvalue weighted by Gasteiger charge is -2.45. The van der Waals surface area contributed by atoms with Gasteiger partial charge in [0.25, 0.3) is 0 Å². The molecule has 3 aliphatic rings. The van der Waals surface area contributed by atoms with Crippen LogP contribution in [-0.2, 0) is 9.59 Å². The number of urea groups is 1. The van der Waals surface area contributed by atoms with Crippen molar-refractivity contribution in [1.82, 2.24) is 20.0 Å². The lowest BCUT2D eigenvalue weighted by Crippen LogP contribution is -2.55. The van der Waals surface area contributed by atoms with E-state index in [4.69, 9.17) is 0 Å². The van der Waals surface area contributed by atoms with E-state index >= 15 is 0 Å². The topological polar surface area (TPSA) is 73.0 Å². The second-order valence-electron chi connectivity index (χ2n) is 9.26. The molecule has 0 bridgehead atoms. The van der Waals surface area contributed by atoms with E-state index in [1.54, 1.807) is 0 Å². The van der Waals surface area contributed by atoms with Crippen molar-refractivity contribution in [1.29, 1.82) is 0 Å². The molecule has 0 radical (unpaired) electrons. The van der Waals surface area contributed by atoms with Crippen LogP contribution in [-0.4, -0.2) is 85.8 Å². The van der Waals surface area contributed by atoms with E-state index < -0.39 is 0 Å². The number of imide groups is 1. The number of carbonyl (C=O) groups is 3. The molecule has 0 aromatic carbocycles. The normalized spacial score (nSPS) is 28.1. The van der Waals surface area contributed by atoms with Crippen LogP contribution in [0.2, 0.25) is 0 Å². The molecular formula is C21H36N4O3. The number of ketones is 1. The van der Waals surface area contributed by atoms with Crippen LogP contribution in [0.3, 0.4) is 0 Å². The van der Waals surface area contributed by atoms with E-state index in [2.05, 4.69) is 22.2 Å². The second kappa shape index (κ2) is 9.35. The third kappa shape index (κ3) is 5.54. The van der Waals surface area contributed by atoms with Gasteiger partial charge in [-0.05, 0) is 71.6 Å². The van der Waals surface area contributed by atoms with E-state index in [1.165, 1.54) is 4.90 Å². The summed E-state index contributed by atoms with van der Waals surface area (Å²) in [4.78, 5) is 43.8. The standard InChI is InChI=1S/C21H36N4O3/c1-23(2)10-4-9-22-21(28)25(13-15-5-6-15)20(27)17-11-16-12-18(26)7-8-19(16)24(3)14-17/h15-17,19H,4-14H2,1-3H3,(H,22,28)/t16-,17-,19-/m1/s1. The molecule has 0 aromatic rings. The molecule has 2 saturated carbocycles. The summed E-state index contributed by atoms with van der Waals surface area (Å²) in [5.74, 6) is 0.779. The van der Waals surface area contributed by atoms with Gasteiger partial charge in [-0.2, -0.15) is 0 Å². The minimum atomic E-state index is -0.250. The molecule has 3 fully saturated rings. The maximum atomic E-state index is 13.3. The summed E-state index contributed by atoms with van der Waals surface area (Å²) in [6.45, 7) is 2.70. The van der Waals surface area contributed by atoms with Crippen molar-refractivity contribution >= 4 is 17.7 Å². The maximum absolute atomic E-state index is 13.3. The van der Waals surface area contributed by atoms with Gasteiger partial charge in [-0.15, -0.1) is 0 Å². The van der Waals surface area contributed by atoms with E-state index in [9.17, 15) is 14.4 Å². The van der Waals surface area contributed by atoms with Gasteiger partial charge < -0.3 is 15.1 Å². The van der Waals surface area contributed by atoms with Crippen molar-refractivity contribution < 1.29 is 14.4 Å². The Labute approximate surface area is 168 Å². The largest absolute Gasteiger partial charge is 0.338 e. The van der Waals surface area contributed by atoms with Crippen LogP contribution >= 0.6 is 0 Å². The zero-order valence-electron chi connectivity index (χ0n) is 17.7. The lowest BCUT2D eigenvalue weighted by atomic mass is 9.74. The van der Waals surface area contributed by atoms with Gasteiger partial charge in [0, 0.05) is 38.5 Å². The monoisotopic (exact) mass is 392 g/mol. The Morgan fingerprint density at radius 1 is 1.21 bits per heavy atom. The van der Waals surface area contributed by atoms with Crippen LogP contribution in [0.15, 0.2) is 0 Å². The molecule has 0 unspecified atom stereocenters. The summed E-state index contributed by atoms with van der Waals surface area (Å²) in [5, 5.41) is 2.94. The molecule has 1 N–H and O–H groups in total. The third-order valence-electron chi connectivity index (χ3n) is 6.47. The Morgan fingerprint density at radius 3 is 2.64 bits per heavy atom. The second-order valence-corrected chi connectivity index (χ2v) is 9.26. The zero-order chi connectivity index (χ0) is 20.3. The Balaban J connectivity index is 1.60. The fraction of sp³-hybridized carbons (Fsp3) is 0.857. The highest BCUT2D eigenvalue weighted by Crippen LogP contribution is 2.37. The average Bonchev–Trinajstić information content (AvgIpc) is 3.46. The van der Waals surface area contributed by atoms with Crippen LogP contribution in [0, 0.1) is 17.8 Å². The minimum Gasteiger partial charge on any atom is -0.338 e. The molecular weight excluding hydrogens is 356 g/mol. The minimum absolute atomic E-state index is 0.0552. The van der Waals surface area contributed by atoms with E-state index in [0.29, 0.717) is 50.2 Å². The molecule has 3 rings (SSSR count). The molecule has 28 heavy (non-hydrogen) atoms. The number of hydrogen-bond acceptors (Lipinski definition) is 5. The zero-order valence-corrected chi connectivity index (χ0v) is 17.7. The molecule has 7 heteroatoms. The highest BCUT2D eigenvalue weighted by atomic mass is 16.2. The summed E-state index contributed by atoms with van der Waals surface area (Å²) in [6.07, 6.45) is 5.93. The fourth-order valence-electron chi connectivity index (χ4n) is 4.74. The van der Waals surface area contributed by atoms with Gasteiger partial charge in [0.2, 0.25) is 5.91 Å². The van der Waals surface area contributed by atoms with Gasteiger partial charge in [-0.25, -0.2) is 4.79 Å². The predicted octanol–water partition coefficient (Wildman–Crippen LogP) is 1.58. The molecule has 1 saturated heterocycles. The number of piperidine rings is 1. The van der Waals surface area contributed by atoms with Crippen LogP contribution in [0.1, 0.15) is 44.9 Å². The number of carbonyl (C=O) groups excluding carboxylic acids is 3. The first kappa shape index (κ1) is 21.2. The molecule has 7 nitrogen and oxygen atoms in total. The number of nitrogens with one attached hydrogen (secondary N) is 1. The number of rotatable bonds is 7. The number of fused-ring (bicyclic) bond motifs is 1. The Kier molecular flexibility index (Phi) is 7.10. The molecule has 3 atom stereocenters. The van der Waals surface area contributed by atoms with Gasteiger partial charge >= 0.3 is 6.03 Å². The first-order chi connectivity index (χ1) is 13.3. The Bertz CT molecular complexity index is 590. The molecule has 158 valence electrons. The highest BCUT2D eigenvalue weighted by Gasteiger charge is 2.43. The highest BCUT2D eigenvalue weighted by molar-refractivity contribution is 5.96. The molecule has 1 aliphatic heterocycles. The first-order valence-corrected chi connectivity index (χ1v) is 10.8. The van der Waals surface area contributed by atoms with Crippen molar-refractivity contribution in [3.63, 3.8) is 0 Å². The van der Waals surface area contributed by atoms with Gasteiger partial charge in [-0.3, -0.25) is 14.5 Å². The molecule has 1 heterocycles. The van der Waals surface area contributed by atoms with Crippen LogP contribution < -0.4 is 5.32 Å². The summed E-state index contributed by atoms with van der Waals surface area (Å²) < 4.78 is 0. The number of amides is 3.